The quantitative estimate of drug-likeness (QED) is 0.650. The molecule has 0 radical (unpaired) electrons. The number of carbonyl (C=O) groups is 1. The maximum Gasteiger partial charge on any atom is 0.272 e. The molecule has 2 heterocycles. The van der Waals surface area contributed by atoms with Crippen molar-refractivity contribution < 1.29 is 4.79 Å². The molecule has 160 valence electrons. The van der Waals surface area contributed by atoms with E-state index in [0.717, 1.165) is 42.8 Å². The Morgan fingerprint density at radius 2 is 2.06 bits per heavy atom. The highest BCUT2D eigenvalue weighted by atomic mass is 16.2. The molecule has 1 aliphatic heterocycles. The number of nitrogens with two attached hydrogens (primary N) is 1. The molecule has 6 nitrogen and oxygen atoms in total. The lowest BCUT2D eigenvalue weighted by Crippen LogP contribution is -2.44. The van der Waals surface area contributed by atoms with Gasteiger partial charge in [0.05, 0.1) is 12.7 Å². The second-order valence-corrected chi connectivity index (χ2v) is 8.10. The molecule has 6 heteroatoms. The Hall–Kier alpha value is -3.30. The maximum absolute atomic E-state index is 13.4. The zero-order valence-corrected chi connectivity index (χ0v) is 18.2. The smallest absolute Gasteiger partial charge is 0.272 e. The lowest BCUT2D eigenvalue weighted by molar-refractivity contribution is 0.0775. The highest BCUT2D eigenvalue weighted by Crippen LogP contribution is 2.23. The predicted molar refractivity (Wildman–Crippen MR) is 125 cm³/mol. The first-order chi connectivity index (χ1) is 15.1. The number of hydrogen-bond acceptors (Lipinski definition) is 4. The molecular formula is C25H29N5O. The average Bonchev–Trinajstić information content (AvgIpc) is 3.21. The largest absolute Gasteiger partial charge is 0.341 e. The third-order valence-corrected chi connectivity index (χ3v) is 5.84. The van der Waals surface area contributed by atoms with E-state index in [9.17, 15) is 4.79 Å². The Morgan fingerprint density at radius 3 is 2.87 bits per heavy atom. The first-order valence-corrected chi connectivity index (χ1v) is 10.8. The van der Waals surface area contributed by atoms with Crippen molar-refractivity contribution in [3.8, 4) is 11.8 Å². The second kappa shape index (κ2) is 9.23. The number of nitrogens with zero attached hydrogens (tertiary/aromatic N) is 4. The summed E-state index contributed by atoms with van der Waals surface area (Å²) in [4.78, 5) is 21.9. The van der Waals surface area contributed by atoms with Crippen molar-refractivity contribution in [1.29, 1.82) is 0 Å². The van der Waals surface area contributed by atoms with Gasteiger partial charge < -0.3 is 15.5 Å². The maximum atomic E-state index is 13.4. The van der Waals surface area contributed by atoms with Gasteiger partial charge in [0.2, 0.25) is 5.95 Å². The van der Waals surface area contributed by atoms with Crippen LogP contribution in [0.2, 0.25) is 0 Å². The monoisotopic (exact) mass is 415 g/mol. The van der Waals surface area contributed by atoms with Gasteiger partial charge in [0.15, 0.2) is 0 Å². The first-order valence-electron chi connectivity index (χ1n) is 10.8. The summed E-state index contributed by atoms with van der Waals surface area (Å²) >= 11 is 0. The fourth-order valence-corrected chi connectivity index (χ4v) is 4.25. The zero-order valence-electron chi connectivity index (χ0n) is 18.2. The second-order valence-electron chi connectivity index (χ2n) is 8.10. The van der Waals surface area contributed by atoms with E-state index in [0.29, 0.717) is 18.8 Å². The molecule has 0 spiro atoms. The van der Waals surface area contributed by atoms with Gasteiger partial charge in [-0.15, -0.1) is 5.92 Å². The van der Waals surface area contributed by atoms with Gasteiger partial charge in [-0.2, -0.15) is 0 Å². The molecule has 0 saturated carbocycles. The van der Waals surface area contributed by atoms with Crippen LogP contribution in [0.3, 0.4) is 0 Å². The number of rotatable bonds is 5. The Bertz CT molecular complexity index is 1130. The summed E-state index contributed by atoms with van der Waals surface area (Å²) in [5, 5.41) is 2.34. The summed E-state index contributed by atoms with van der Waals surface area (Å²) in [6.07, 6.45) is 3.72. The van der Waals surface area contributed by atoms with Gasteiger partial charge in [-0.3, -0.25) is 9.36 Å². The molecule has 0 aliphatic carbocycles. The highest BCUT2D eigenvalue weighted by Gasteiger charge is 2.25. The van der Waals surface area contributed by atoms with Gasteiger partial charge in [-0.1, -0.05) is 48.4 Å². The molecule has 1 fully saturated rings. The molecular weight excluding hydrogens is 386 g/mol. The Labute approximate surface area is 183 Å². The minimum Gasteiger partial charge on any atom is -0.341 e. The van der Waals surface area contributed by atoms with Crippen LogP contribution < -0.4 is 10.6 Å². The number of piperidine rings is 1. The molecule has 1 aliphatic rings. The number of imidazole rings is 1. The van der Waals surface area contributed by atoms with E-state index in [1.165, 1.54) is 5.39 Å². The van der Waals surface area contributed by atoms with Crippen LogP contribution in [0.1, 0.15) is 35.8 Å². The van der Waals surface area contributed by atoms with Gasteiger partial charge >= 0.3 is 0 Å². The van der Waals surface area contributed by atoms with Crippen molar-refractivity contribution in [1.82, 2.24) is 14.5 Å². The molecule has 0 bridgehead atoms. The van der Waals surface area contributed by atoms with Crippen LogP contribution in [-0.4, -0.2) is 46.5 Å². The third-order valence-electron chi connectivity index (χ3n) is 5.84. The molecule has 4 rings (SSSR count). The minimum atomic E-state index is -0.0640. The fraction of sp³-hybridized carbons (Fsp3) is 0.360. The molecule has 31 heavy (non-hydrogen) atoms. The van der Waals surface area contributed by atoms with Crippen LogP contribution in [0, 0.1) is 11.8 Å². The lowest BCUT2D eigenvalue weighted by atomic mass is 10.0. The molecule has 1 aromatic heterocycles. The van der Waals surface area contributed by atoms with E-state index in [-0.39, 0.29) is 11.9 Å². The topological polar surface area (TPSA) is 67.4 Å². The summed E-state index contributed by atoms with van der Waals surface area (Å²) < 4.78 is 1.93. The van der Waals surface area contributed by atoms with Gasteiger partial charge in [0, 0.05) is 32.7 Å². The van der Waals surface area contributed by atoms with Crippen molar-refractivity contribution in [3.63, 3.8) is 0 Å². The van der Waals surface area contributed by atoms with E-state index < -0.39 is 0 Å². The number of amides is 1. The molecule has 1 saturated heterocycles. The van der Waals surface area contributed by atoms with E-state index in [4.69, 9.17) is 5.73 Å². The number of fused-ring (bicyclic) bond motifs is 1. The van der Waals surface area contributed by atoms with E-state index >= 15 is 0 Å². The number of aromatic nitrogens is 2. The van der Waals surface area contributed by atoms with Crippen molar-refractivity contribution >= 4 is 22.6 Å². The van der Waals surface area contributed by atoms with Crippen LogP contribution >= 0.6 is 0 Å². The molecule has 2 aromatic carbocycles. The fourth-order valence-electron chi connectivity index (χ4n) is 4.25. The standard InChI is InChI=1S/C25H29N5O/c1-3-4-15-30-23(16-27-25(30)29-14-8-12-21(26)18-29)24(31)28(2)17-20-11-7-10-19-9-5-6-13-22(19)20/h5-7,9-11,13,16,21H,8,12,14-15,17-18,26H2,1-2H3. The SMILES string of the molecule is CC#CCn1c(C(=O)N(C)Cc2cccc3ccccc23)cnc1N1CCCC(N)C1. The molecule has 1 atom stereocenters. The summed E-state index contributed by atoms with van der Waals surface area (Å²) in [7, 11) is 1.84. The van der Waals surface area contributed by atoms with Crippen molar-refractivity contribution in [2.24, 2.45) is 5.73 Å². The minimum absolute atomic E-state index is 0.0640. The molecule has 3 aromatic rings. The number of anilines is 1. The zero-order chi connectivity index (χ0) is 21.8. The third kappa shape index (κ3) is 4.42. The Morgan fingerprint density at radius 1 is 1.26 bits per heavy atom. The van der Waals surface area contributed by atoms with Gasteiger partial charge in [0.25, 0.3) is 5.91 Å². The van der Waals surface area contributed by atoms with Crippen LogP contribution in [0.25, 0.3) is 10.8 Å². The normalized spacial score (nSPS) is 16.1. The van der Waals surface area contributed by atoms with Gasteiger partial charge in [-0.25, -0.2) is 4.98 Å². The summed E-state index contributed by atoms with van der Waals surface area (Å²) in [6, 6.07) is 14.6. The predicted octanol–water partition coefficient (Wildman–Crippen LogP) is 3.26. The van der Waals surface area contributed by atoms with Crippen LogP contribution in [0.5, 0.6) is 0 Å². The number of carbonyl (C=O) groups excluding carboxylic acids is 1. The number of hydrogen-bond donors (Lipinski definition) is 1. The van der Waals surface area contributed by atoms with Crippen LogP contribution in [-0.2, 0) is 13.1 Å². The Kier molecular flexibility index (Phi) is 6.24. The highest BCUT2D eigenvalue weighted by molar-refractivity contribution is 5.93. The van der Waals surface area contributed by atoms with Crippen molar-refractivity contribution in [2.75, 3.05) is 25.0 Å². The van der Waals surface area contributed by atoms with Crippen LogP contribution in [0.15, 0.2) is 48.7 Å². The number of benzene rings is 2. The Balaban J connectivity index is 1.61. The average molecular weight is 416 g/mol. The van der Waals surface area contributed by atoms with Gasteiger partial charge in [0.1, 0.15) is 5.69 Å². The summed E-state index contributed by atoms with van der Waals surface area (Å²) in [5.41, 5.74) is 7.85. The van der Waals surface area contributed by atoms with E-state index in [1.807, 2.05) is 36.7 Å². The van der Waals surface area contributed by atoms with E-state index in [2.05, 4.69) is 46.0 Å². The first kappa shape index (κ1) is 21.0. The summed E-state index contributed by atoms with van der Waals surface area (Å²) in [5.74, 6) is 6.74. The molecule has 1 amide bonds. The lowest BCUT2D eigenvalue weighted by Gasteiger charge is -2.32. The van der Waals surface area contributed by atoms with Gasteiger partial charge in [-0.05, 0) is 36.1 Å². The van der Waals surface area contributed by atoms with Crippen molar-refractivity contribution in [3.05, 3.63) is 59.9 Å². The molecule has 1 unspecified atom stereocenters. The van der Waals surface area contributed by atoms with E-state index in [1.54, 1.807) is 11.1 Å². The van der Waals surface area contributed by atoms with Crippen molar-refractivity contribution in [2.45, 2.75) is 38.9 Å². The molecule has 2 N–H and O–H groups in total. The van der Waals surface area contributed by atoms with Crippen LogP contribution in [0.4, 0.5) is 5.95 Å². The summed E-state index contributed by atoms with van der Waals surface area (Å²) in [6.45, 7) is 4.40.